The van der Waals surface area contributed by atoms with Crippen LogP contribution in [0.1, 0.15) is 48.1 Å². The molecule has 1 amide bonds. The molecule has 160 valence electrons. The molecule has 1 unspecified atom stereocenters. The maximum absolute atomic E-state index is 12.0. The number of ether oxygens (including phenoxy) is 1. The predicted octanol–water partition coefficient (Wildman–Crippen LogP) is 3.48. The van der Waals surface area contributed by atoms with Crippen LogP contribution in [0.15, 0.2) is 60.9 Å². The van der Waals surface area contributed by atoms with Crippen molar-refractivity contribution in [3.8, 4) is 5.69 Å². The van der Waals surface area contributed by atoms with Crippen LogP contribution >= 0.6 is 0 Å². The summed E-state index contributed by atoms with van der Waals surface area (Å²) in [6.07, 6.45) is 6.06. The van der Waals surface area contributed by atoms with Gasteiger partial charge < -0.3 is 10.5 Å². The molecular weight excluding hydrogens is 388 g/mol. The number of aromatic nitrogens is 2. The molecule has 3 aromatic rings. The lowest BCUT2D eigenvalue weighted by Crippen LogP contribution is -2.42. The monoisotopic (exact) mass is 416 g/mol. The van der Waals surface area contributed by atoms with E-state index in [9.17, 15) is 4.79 Å². The van der Waals surface area contributed by atoms with Gasteiger partial charge in [0.1, 0.15) is 0 Å². The summed E-state index contributed by atoms with van der Waals surface area (Å²) < 4.78 is 8.28. The van der Waals surface area contributed by atoms with E-state index in [0.29, 0.717) is 0 Å². The smallest absolute Gasteiger partial charge is 0.251 e. The maximum Gasteiger partial charge on any atom is 0.251 e. The van der Waals surface area contributed by atoms with E-state index in [1.54, 1.807) is 0 Å². The number of fused-ring (bicyclic) bond motifs is 2. The van der Waals surface area contributed by atoms with Crippen molar-refractivity contribution in [2.45, 2.75) is 44.4 Å². The summed E-state index contributed by atoms with van der Waals surface area (Å²) in [4.78, 5) is 14.5. The molecule has 1 aromatic heterocycles. The van der Waals surface area contributed by atoms with E-state index < -0.39 is 17.6 Å². The van der Waals surface area contributed by atoms with Crippen LogP contribution in [-0.4, -0.2) is 33.7 Å². The highest BCUT2D eigenvalue weighted by Crippen LogP contribution is 2.49. The number of rotatable bonds is 5. The fraction of sp³-hybridized carbons (Fsp3) is 0.360. The van der Waals surface area contributed by atoms with Crippen LogP contribution in [0.25, 0.3) is 5.69 Å². The summed E-state index contributed by atoms with van der Waals surface area (Å²) in [5.74, 6) is -0.405. The van der Waals surface area contributed by atoms with Crippen molar-refractivity contribution in [2.24, 2.45) is 5.73 Å². The Hall–Kier alpha value is -2.96. The van der Waals surface area contributed by atoms with Gasteiger partial charge in [-0.3, -0.25) is 9.69 Å². The third-order valence-electron chi connectivity index (χ3n) is 6.63. The van der Waals surface area contributed by atoms with Crippen LogP contribution in [0.4, 0.5) is 0 Å². The van der Waals surface area contributed by atoms with Crippen molar-refractivity contribution in [1.29, 1.82) is 0 Å². The minimum atomic E-state index is -0.642. The van der Waals surface area contributed by atoms with Gasteiger partial charge in [-0.25, -0.2) is 4.68 Å². The number of likely N-dealkylation sites (tertiary alicyclic amines) is 1. The van der Waals surface area contributed by atoms with Gasteiger partial charge in [-0.05, 0) is 48.1 Å². The van der Waals surface area contributed by atoms with Crippen molar-refractivity contribution in [3.05, 3.63) is 83.2 Å². The SMILES string of the molecule is CCc1ccc2c(c1)C1(CCN(Cc3cnn(-c4ccccc4)c3)CC1)OC2C(N)=O. The number of aryl methyl sites for hydroxylation is 1. The van der Waals surface area contributed by atoms with Crippen LogP contribution in [-0.2, 0) is 28.1 Å². The maximum atomic E-state index is 12.0. The lowest BCUT2D eigenvalue weighted by Gasteiger charge is -2.39. The van der Waals surface area contributed by atoms with Gasteiger partial charge in [0.25, 0.3) is 5.91 Å². The lowest BCUT2D eigenvalue weighted by atomic mass is 9.82. The average molecular weight is 417 g/mol. The molecule has 2 aliphatic heterocycles. The molecule has 1 atom stereocenters. The number of nitrogens with two attached hydrogens (primary N) is 1. The number of piperidine rings is 1. The molecule has 3 heterocycles. The zero-order valence-electron chi connectivity index (χ0n) is 17.8. The van der Waals surface area contributed by atoms with Gasteiger partial charge in [0.2, 0.25) is 0 Å². The molecule has 1 fully saturated rings. The third kappa shape index (κ3) is 3.66. The van der Waals surface area contributed by atoms with Crippen LogP contribution in [0.2, 0.25) is 0 Å². The summed E-state index contributed by atoms with van der Waals surface area (Å²) in [6, 6.07) is 16.5. The van der Waals surface area contributed by atoms with Crippen LogP contribution in [0.3, 0.4) is 0 Å². The first-order valence-corrected chi connectivity index (χ1v) is 11.0. The number of nitrogens with zero attached hydrogens (tertiary/aromatic N) is 3. The Balaban J connectivity index is 1.31. The van der Waals surface area contributed by atoms with Gasteiger partial charge in [-0.15, -0.1) is 0 Å². The molecule has 1 spiro atoms. The van der Waals surface area contributed by atoms with E-state index in [2.05, 4.69) is 47.4 Å². The summed E-state index contributed by atoms with van der Waals surface area (Å²) in [5, 5.41) is 4.51. The summed E-state index contributed by atoms with van der Waals surface area (Å²) in [5.41, 5.74) is 10.9. The quantitative estimate of drug-likeness (QED) is 0.691. The highest BCUT2D eigenvalue weighted by molar-refractivity contribution is 5.82. The number of hydrogen-bond acceptors (Lipinski definition) is 4. The minimum absolute atomic E-state index is 0.405. The number of primary amides is 1. The van der Waals surface area contributed by atoms with Crippen LogP contribution in [0.5, 0.6) is 0 Å². The Morgan fingerprint density at radius 3 is 2.65 bits per heavy atom. The van der Waals surface area contributed by atoms with Crippen molar-refractivity contribution < 1.29 is 9.53 Å². The first kappa shape index (κ1) is 20.0. The molecule has 6 heteroatoms. The van der Waals surface area contributed by atoms with Crippen molar-refractivity contribution in [3.63, 3.8) is 0 Å². The van der Waals surface area contributed by atoms with Crippen LogP contribution in [0, 0.1) is 0 Å². The molecule has 6 nitrogen and oxygen atoms in total. The van der Waals surface area contributed by atoms with Gasteiger partial charge in [0.15, 0.2) is 6.10 Å². The molecule has 2 N–H and O–H groups in total. The number of hydrogen-bond donors (Lipinski definition) is 1. The summed E-state index contributed by atoms with van der Waals surface area (Å²) >= 11 is 0. The molecule has 0 bridgehead atoms. The topological polar surface area (TPSA) is 73.4 Å². The van der Waals surface area contributed by atoms with Gasteiger partial charge in [0.05, 0.1) is 17.5 Å². The summed E-state index contributed by atoms with van der Waals surface area (Å²) in [6.45, 7) is 4.80. The zero-order chi connectivity index (χ0) is 21.4. The highest BCUT2D eigenvalue weighted by atomic mass is 16.5. The highest BCUT2D eigenvalue weighted by Gasteiger charge is 2.48. The molecule has 0 aliphatic carbocycles. The average Bonchev–Trinajstić information content (AvgIpc) is 3.39. The second-order valence-corrected chi connectivity index (χ2v) is 8.57. The van der Waals surface area contributed by atoms with Gasteiger partial charge in [-0.2, -0.15) is 5.10 Å². The van der Waals surface area contributed by atoms with E-state index in [1.165, 1.54) is 11.1 Å². The molecule has 5 rings (SSSR count). The molecule has 2 aromatic carbocycles. The van der Waals surface area contributed by atoms with Crippen molar-refractivity contribution in [2.75, 3.05) is 13.1 Å². The predicted molar refractivity (Wildman–Crippen MR) is 119 cm³/mol. The Morgan fingerprint density at radius 1 is 1.16 bits per heavy atom. The van der Waals surface area contributed by atoms with Gasteiger partial charge in [-0.1, -0.05) is 43.3 Å². The molecule has 0 saturated carbocycles. The molecule has 31 heavy (non-hydrogen) atoms. The van der Waals surface area contributed by atoms with Gasteiger partial charge >= 0.3 is 0 Å². The zero-order valence-corrected chi connectivity index (χ0v) is 17.8. The first-order chi connectivity index (χ1) is 15.1. The van der Waals surface area contributed by atoms with Crippen LogP contribution < -0.4 is 5.73 Å². The van der Waals surface area contributed by atoms with Gasteiger partial charge in [0, 0.05) is 31.4 Å². The summed E-state index contributed by atoms with van der Waals surface area (Å²) in [7, 11) is 0. The number of carbonyl (C=O) groups excluding carboxylic acids is 1. The Kier molecular flexibility index (Phi) is 5.12. The lowest BCUT2D eigenvalue weighted by molar-refractivity contribution is -0.148. The third-order valence-corrected chi connectivity index (χ3v) is 6.63. The largest absolute Gasteiger partial charge is 0.367 e. The van der Waals surface area contributed by atoms with Crippen molar-refractivity contribution in [1.82, 2.24) is 14.7 Å². The number of carbonyl (C=O) groups is 1. The second kappa shape index (κ2) is 7.94. The molecular formula is C25H28N4O2. The second-order valence-electron chi connectivity index (χ2n) is 8.57. The van der Waals surface area contributed by atoms with E-state index in [0.717, 1.165) is 55.7 Å². The molecule has 2 aliphatic rings. The number of amides is 1. The Morgan fingerprint density at radius 2 is 1.94 bits per heavy atom. The van der Waals surface area contributed by atoms with E-state index >= 15 is 0 Å². The fourth-order valence-electron chi connectivity index (χ4n) is 4.89. The number of para-hydroxylation sites is 1. The minimum Gasteiger partial charge on any atom is -0.367 e. The Bertz CT molecular complexity index is 1080. The Labute approximate surface area is 182 Å². The standard InChI is InChI=1S/C25H28N4O2/c1-2-18-8-9-21-22(14-18)25(31-23(21)24(26)30)10-12-28(13-11-25)16-19-15-27-29(17-19)20-6-4-3-5-7-20/h3-9,14-15,17,23H,2,10-13,16H2,1H3,(H2,26,30). The first-order valence-electron chi connectivity index (χ1n) is 11.0. The molecule has 1 saturated heterocycles. The normalized spacial score (nSPS) is 20.1. The van der Waals surface area contributed by atoms with Crippen molar-refractivity contribution >= 4 is 5.91 Å². The van der Waals surface area contributed by atoms with E-state index in [1.807, 2.05) is 35.1 Å². The van der Waals surface area contributed by atoms with E-state index in [4.69, 9.17) is 10.5 Å². The molecule has 0 radical (unpaired) electrons. The fourth-order valence-corrected chi connectivity index (χ4v) is 4.89. The number of benzene rings is 2. The van der Waals surface area contributed by atoms with E-state index in [-0.39, 0.29) is 0 Å².